The highest BCUT2D eigenvalue weighted by molar-refractivity contribution is 5.70. The second-order valence-corrected chi connectivity index (χ2v) is 5.15. The van der Waals surface area contributed by atoms with Gasteiger partial charge in [-0.25, -0.2) is 0 Å². The van der Waals surface area contributed by atoms with E-state index in [1.165, 1.54) is 16.9 Å². The Morgan fingerprint density at radius 2 is 1.80 bits per heavy atom. The lowest BCUT2D eigenvalue weighted by atomic mass is 10.0. The van der Waals surface area contributed by atoms with Crippen molar-refractivity contribution >= 4 is 11.4 Å². The van der Waals surface area contributed by atoms with Crippen molar-refractivity contribution in [3.63, 3.8) is 0 Å². The molecule has 0 saturated heterocycles. The van der Waals surface area contributed by atoms with E-state index < -0.39 is 0 Å². The molecule has 2 N–H and O–H groups in total. The van der Waals surface area contributed by atoms with Crippen molar-refractivity contribution in [2.45, 2.75) is 18.9 Å². The van der Waals surface area contributed by atoms with Crippen LogP contribution in [-0.2, 0) is 6.42 Å². The van der Waals surface area contributed by atoms with E-state index in [0.29, 0.717) is 6.04 Å². The first-order chi connectivity index (χ1) is 9.85. The van der Waals surface area contributed by atoms with E-state index in [9.17, 15) is 0 Å². The first-order valence-corrected chi connectivity index (χ1v) is 7.07. The molecule has 3 rings (SSSR count). The van der Waals surface area contributed by atoms with Gasteiger partial charge in [0.05, 0.1) is 18.5 Å². The predicted molar refractivity (Wildman–Crippen MR) is 83.7 cm³/mol. The van der Waals surface area contributed by atoms with E-state index in [2.05, 4.69) is 47.0 Å². The Morgan fingerprint density at radius 1 is 1.05 bits per heavy atom. The number of benzene rings is 2. The number of hydrogen-bond donors (Lipinski definition) is 2. The van der Waals surface area contributed by atoms with Crippen molar-refractivity contribution in [2.75, 3.05) is 24.3 Å². The summed E-state index contributed by atoms with van der Waals surface area (Å²) >= 11 is 0. The summed E-state index contributed by atoms with van der Waals surface area (Å²) in [6, 6.07) is 17.2. The van der Waals surface area contributed by atoms with E-state index in [1.807, 2.05) is 12.1 Å². The molecule has 3 heteroatoms. The van der Waals surface area contributed by atoms with Crippen LogP contribution in [0.1, 0.15) is 12.0 Å². The molecule has 0 unspecified atom stereocenters. The van der Waals surface area contributed by atoms with Crippen molar-refractivity contribution in [3.8, 4) is 5.75 Å². The van der Waals surface area contributed by atoms with E-state index >= 15 is 0 Å². The molecule has 0 amide bonds. The summed E-state index contributed by atoms with van der Waals surface area (Å²) in [6.45, 7) is 0.979. The molecular weight excluding hydrogens is 248 g/mol. The molecule has 0 bridgehead atoms. The molecule has 3 nitrogen and oxygen atoms in total. The molecule has 0 fully saturated rings. The molecule has 20 heavy (non-hydrogen) atoms. The minimum atomic E-state index is 0.479. The van der Waals surface area contributed by atoms with Gasteiger partial charge >= 0.3 is 0 Å². The van der Waals surface area contributed by atoms with Crippen LogP contribution in [0.2, 0.25) is 0 Å². The Morgan fingerprint density at radius 3 is 2.55 bits per heavy atom. The molecule has 0 aromatic heterocycles. The number of ether oxygens (including phenoxy) is 1. The Bertz CT molecular complexity index is 565. The quantitative estimate of drug-likeness (QED) is 0.890. The highest BCUT2D eigenvalue weighted by Gasteiger charge is 2.16. The third kappa shape index (κ3) is 2.87. The largest absolute Gasteiger partial charge is 0.497 e. The van der Waals surface area contributed by atoms with Crippen LogP contribution in [0, 0.1) is 0 Å². The maximum atomic E-state index is 5.18. The van der Waals surface area contributed by atoms with Crippen LogP contribution in [0.15, 0.2) is 48.5 Å². The third-order valence-electron chi connectivity index (χ3n) is 3.77. The fourth-order valence-electron chi connectivity index (χ4n) is 2.57. The van der Waals surface area contributed by atoms with Crippen molar-refractivity contribution in [3.05, 3.63) is 54.1 Å². The van der Waals surface area contributed by atoms with Crippen molar-refractivity contribution in [1.82, 2.24) is 0 Å². The van der Waals surface area contributed by atoms with Crippen molar-refractivity contribution < 1.29 is 4.74 Å². The zero-order valence-electron chi connectivity index (χ0n) is 11.7. The van der Waals surface area contributed by atoms with Gasteiger partial charge in [0.1, 0.15) is 5.75 Å². The maximum absolute atomic E-state index is 5.18. The molecular formula is C17H20N2O. The van der Waals surface area contributed by atoms with Crippen LogP contribution >= 0.6 is 0 Å². The highest BCUT2D eigenvalue weighted by Crippen LogP contribution is 2.26. The molecule has 2 aromatic rings. The molecule has 0 spiro atoms. The standard InChI is InChI=1S/C17H20N2O/c1-20-15-10-7-13(8-11-15)6-9-14-12-18-16-4-2-3-5-17(16)19-14/h2-5,7-8,10-11,14,18-19H,6,9,12H2,1H3/t14-/m0/s1. The SMILES string of the molecule is COc1ccc(CC[C@H]2CNc3ccccc3N2)cc1. The van der Waals surface area contributed by atoms with Crippen LogP contribution in [-0.4, -0.2) is 19.7 Å². The number of anilines is 2. The highest BCUT2D eigenvalue weighted by atomic mass is 16.5. The molecule has 1 aliphatic heterocycles. The molecule has 0 aliphatic carbocycles. The maximum Gasteiger partial charge on any atom is 0.118 e. The van der Waals surface area contributed by atoms with Gasteiger partial charge in [0.25, 0.3) is 0 Å². The number of rotatable bonds is 4. The van der Waals surface area contributed by atoms with Gasteiger partial charge in [0.15, 0.2) is 0 Å². The van der Waals surface area contributed by atoms with E-state index in [4.69, 9.17) is 4.74 Å². The summed E-state index contributed by atoms with van der Waals surface area (Å²) in [5.74, 6) is 0.917. The number of nitrogens with one attached hydrogen (secondary N) is 2. The van der Waals surface area contributed by atoms with Crippen LogP contribution in [0.3, 0.4) is 0 Å². The van der Waals surface area contributed by atoms with E-state index in [0.717, 1.165) is 25.1 Å². The van der Waals surface area contributed by atoms with Gasteiger partial charge in [-0.05, 0) is 42.7 Å². The summed E-state index contributed by atoms with van der Waals surface area (Å²) in [5, 5.41) is 7.09. The van der Waals surface area contributed by atoms with Gasteiger partial charge in [-0.2, -0.15) is 0 Å². The molecule has 104 valence electrons. The third-order valence-corrected chi connectivity index (χ3v) is 3.77. The van der Waals surface area contributed by atoms with Gasteiger partial charge < -0.3 is 15.4 Å². The fraction of sp³-hybridized carbons (Fsp3) is 0.294. The minimum Gasteiger partial charge on any atom is -0.497 e. The van der Waals surface area contributed by atoms with Gasteiger partial charge in [0.2, 0.25) is 0 Å². The zero-order valence-corrected chi connectivity index (χ0v) is 11.7. The van der Waals surface area contributed by atoms with Crippen LogP contribution in [0.4, 0.5) is 11.4 Å². The first kappa shape index (κ1) is 12.9. The average Bonchev–Trinajstić information content (AvgIpc) is 2.53. The Balaban J connectivity index is 1.57. The predicted octanol–water partition coefficient (Wildman–Crippen LogP) is 3.53. The smallest absolute Gasteiger partial charge is 0.118 e. The van der Waals surface area contributed by atoms with Crippen LogP contribution in [0.5, 0.6) is 5.75 Å². The van der Waals surface area contributed by atoms with Gasteiger partial charge in [-0.3, -0.25) is 0 Å². The minimum absolute atomic E-state index is 0.479. The average molecular weight is 268 g/mol. The zero-order chi connectivity index (χ0) is 13.8. The van der Waals surface area contributed by atoms with Crippen LogP contribution < -0.4 is 15.4 Å². The topological polar surface area (TPSA) is 33.3 Å². The van der Waals surface area contributed by atoms with Crippen molar-refractivity contribution in [2.24, 2.45) is 0 Å². The Kier molecular flexibility index (Phi) is 3.77. The number of hydrogen-bond acceptors (Lipinski definition) is 3. The number of methoxy groups -OCH3 is 1. The molecule has 0 radical (unpaired) electrons. The number of para-hydroxylation sites is 2. The first-order valence-electron chi connectivity index (χ1n) is 7.07. The Labute approximate surface area is 120 Å². The molecule has 1 atom stereocenters. The lowest BCUT2D eigenvalue weighted by Gasteiger charge is -2.28. The van der Waals surface area contributed by atoms with E-state index in [1.54, 1.807) is 7.11 Å². The summed E-state index contributed by atoms with van der Waals surface area (Å²) in [6.07, 6.45) is 2.19. The van der Waals surface area contributed by atoms with Gasteiger partial charge in [-0.15, -0.1) is 0 Å². The van der Waals surface area contributed by atoms with E-state index in [-0.39, 0.29) is 0 Å². The molecule has 1 heterocycles. The normalized spacial score (nSPS) is 16.8. The second-order valence-electron chi connectivity index (χ2n) is 5.15. The van der Waals surface area contributed by atoms with Crippen LogP contribution in [0.25, 0.3) is 0 Å². The summed E-state index contributed by atoms with van der Waals surface area (Å²) in [7, 11) is 1.70. The molecule has 1 aliphatic rings. The lowest BCUT2D eigenvalue weighted by molar-refractivity contribution is 0.414. The monoisotopic (exact) mass is 268 g/mol. The number of fused-ring (bicyclic) bond motifs is 1. The molecule has 2 aromatic carbocycles. The lowest BCUT2D eigenvalue weighted by Crippen LogP contribution is -2.33. The fourth-order valence-corrected chi connectivity index (χ4v) is 2.57. The Hall–Kier alpha value is -2.16. The van der Waals surface area contributed by atoms with Crippen molar-refractivity contribution in [1.29, 1.82) is 0 Å². The van der Waals surface area contributed by atoms with Gasteiger partial charge in [-0.1, -0.05) is 24.3 Å². The second kappa shape index (κ2) is 5.87. The number of aryl methyl sites for hydroxylation is 1. The van der Waals surface area contributed by atoms with Gasteiger partial charge in [0, 0.05) is 12.6 Å². The summed E-state index contributed by atoms with van der Waals surface area (Å²) in [4.78, 5) is 0. The molecule has 0 saturated carbocycles. The summed E-state index contributed by atoms with van der Waals surface area (Å²) in [5.41, 5.74) is 3.76. The summed E-state index contributed by atoms with van der Waals surface area (Å²) < 4.78 is 5.18.